The SMILES string of the molecule is CN[C@H]1CCN(c2nc(-c3ccnc4[nH]c5ccccc5c34)nc3cncc(C4CCC4)c23)C1. The van der Waals surface area contributed by atoms with Gasteiger partial charge in [0.2, 0.25) is 0 Å². The van der Waals surface area contributed by atoms with E-state index >= 15 is 0 Å². The number of aromatic amines is 1. The Morgan fingerprint density at radius 1 is 1.03 bits per heavy atom. The first-order chi connectivity index (χ1) is 16.8. The molecule has 7 nitrogen and oxygen atoms in total. The molecular weight excluding hydrogens is 422 g/mol. The molecule has 2 fully saturated rings. The van der Waals surface area contributed by atoms with Crippen molar-refractivity contribution in [2.45, 2.75) is 37.6 Å². The molecule has 0 bridgehead atoms. The number of likely N-dealkylation sites (N-methyl/N-ethyl adjacent to an activating group) is 1. The predicted octanol–water partition coefficient (Wildman–Crippen LogP) is 4.79. The quantitative estimate of drug-likeness (QED) is 0.411. The smallest absolute Gasteiger partial charge is 0.163 e. The molecule has 2 N–H and O–H groups in total. The minimum Gasteiger partial charge on any atom is -0.354 e. The maximum absolute atomic E-state index is 5.28. The molecule has 4 aromatic heterocycles. The van der Waals surface area contributed by atoms with Crippen molar-refractivity contribution in [2.24, 2.45) is 0 Å². The fourth-order valence-corrected chi connectivity index (χ4v) is 5.61. The van der Waals surface area contributed by atoms with Gasteiger partial charge in [0.15, 0.2) is 5.82 Å². The molecule has 0 radical (unpaired) electrons. The van der Waals surface area contributed by atoms with Crippen molar-refractivity contribution in [1.29, 1.82) is 0 Å². The molecule has 0 unspecified atom stereocenters. The lowest BCUT2D eigenvalue weighted by Crippen LogP contribution is -2.30. The van der Waals surface area contributed by atoms with E-state index in [1.807, 2.05) is 31.6 Å². The van der Waals surface area contributed by atoms with Crippen LogP contribution >= 0.6 is 0 Å². The topological polar surface area (TPSA) is 82.6 Å². The van der Waals surface area contributed by atoms with E-state index < -0.39 is 0 Å². The second-order valence-corrected chi connectivity index (χ2v) is 9.59. The number of fused-ring (bicyclic) bond motifs is 4. The number of anilines is 1. The van der Waals surface area contributed by atoms with Crippen molar-refractivity contribution in [3.63, 3.8) is 0 Å². The molecule has 0 spiro atoms. The first-order valence-electron chi connectivity index (χ1n) is 12.2. The Bertz CT molecular complexity index is 1530. The van der Waals surface area contributed by atoms with Crippen LogP contribution in [-0.4, -0.2) is 51.1 Å². The van der Waals surface area contributed by atoms with E-state index in [9.17, 15) is 0 Å². The largest absolute Gasteiger partial charge is 0.354 e. The van der Waals surface area contributed by atoms with Gasteiger partial charge >= 0.3 is 0 Å². The molecule has 1 saturated heterocycles. The number of nitrogens with one attached hydrogen (secondary N) is 2. The summed E-state index contributed by atoms with van der Waals surface area (Å²) in [4.78, 5) is 25.5. The van der Waals surface area contributed by atoms with Crippen molar-refractivity contribution in [3.05, 3.63) is 54.5 Å². The highest BCUT2D eigenvalue weighted by Crippen LogP contribution is 2.43. The fourth-order valence-electron chi connectivity index (χ4n) is 5.61. The third kappa shape index (κ3) is 3.00. The normalized spacial score (nSPS) is 18.9. The molecule has 0 amide bonds. The fraction of sp³-hybridized carbons (Fsp3) is 0.333. The second-order valence-electron chi connectivity index (χ2n) is 9.59. The monoisotopic (exact) mass is 449 g/mol. The lowest BCUT2D eigenvalue weighted by atomic mass is 9.79. The van der Waals surface area contributed by atoms with Gasteiger partial charge in [0, 0.05) is 58.8 Å². The van der Waals surface area contributed by atoms with Gasteiger partial charge in [-0.2, -0.15) is 0 Å². The number of hydrogen-bond acceptors (Lipinski definition) is 6. The Morgan fingerprint density at radius 2 is 1.94 bits per heavy atom. The minimum absolute atomic E-state index is 0.476. The number of nitrogens with zero attached hydrogens (tertiary/aromatic N) is 5. The third-order valence-corrected chi connectivity index (χ3v) is 7.70. The van der Waals surface area contributed by atoms with Crippen LogP contribution in [0.2, 0.25) is 0 Å². The van der Waals surface area contributed by atoms with Gasteiger partial charge in [-0.25, -0.2) is 15.0 Å². The molecule has 7 rings (SSSR count). The van der Waals surface area contributed by atoms with Gasteiger partial charge in [-0.15, -0.1) is 0 Å². The summed E-state index contributed by atoms with van der Waals surface area (Å²) in [6, 6.07) is 10.8. The number of para-hydroxylation sites is 1. The summed E-state index contributed by atoms with van der Waals surface area (Å²) in [5.41, 5.74) is 5.18. The van der Waals surface area contributed by atoms with Crippen molar-refractivity contribution in [2.75, 3.05) is 25.0 Å². The van der Waals surface area contributed by atoms with Gasteiger partial charge in [-0.05, 0) is 49.9 Å². The van der Waals surface area contributed by atoms with Gasteiger partial charge in [-0.3, -0.25) is 4.98 Å². The molecule has 1 aromatic carbocycles. The van der Waals surface area contributed by atoms with Crippen LogP contribution in [0.1, 0.15) is 37.2 Å². The van der Waals surface area contributed by atoms with E-state index in [4.69, 9.17) is 9.97 Å². The molecule has 1 aliphatic heterocycles. The summed E-state index contributed by atoms with van der Waals surface area (Å²) in [5, 5.41) is 6.85. The number of H-pyrrole nitrogens is 1. The van der Waals surface area contributed by atoms with Crippen LogP contribution in [0, 0.1) is 0 Å². The molecule has 34 heavy (non-hydrogen) atoms. The Balaban J connectivity index is 1.49. The summed E-state index contributed by atoms with van der Waals surface area (Å²) >= 11 is 0. The molecule has 1 saturated carbocycles. The summed E-state index contributed by atoms with van der Waals surface area (Å²) in [5.74, 6) is 2.35. The van der Waals surface area contributed by atoms with Crippen LogP contribution in [0.25, 0.3) is 44.2 Å². The molecule has 5 aromatic rings. The predicted molar refractivity (Wildman–Crippen MR) is 136 cm³/mol. The summed E-state index contributed by atoms with van der Waals surface area (Å²) in [6.07, 6.45) is 10.7. The Morgan fingerprint density at radius 3 is 2.76 bits per heavy atom. The molecule has 1 aliphatic carbocycles. The van der Waals surface area contributed by atoms with Crippen molar-refractivity contribution in [3.8, 4) is 11.4 Å². The molecule has 170 valence electrons. The highest BCUT2D eigenvalue weighted by atomic mass is 15.2. The van der Waals surface area contributed by atoms with Crippen molar-refractivity contribution >= 4 is 38.7 Å². The Labute approximate surface area is 197 Å². The van der Waals surface area contributed by atoms with Crippen LogP contribution in [0.5, 0.6) is 0 Å². The summed E-state index contributed by atoms with van der Waals surface area (Å²) < 4.78 is 0. The summed E-state index contributed by atoms with van der Waals surface area (Å²) in [7, 11) is 2.05. The van der Waals surface area contributed by atoms with Gasteiger partial charge in [0.1, 0.15) is 11.5 Å². The van der Waals surface area contributed by atoms with Gasteiger partial charge in [0.05, 0.1) is 11.7 Å². The average Bonchev–Trinajstić information content (AvgIpc) is 3.47. The van der Waals surface area contributed by atoms with Crippen LogP contribution in [0.4, 0.5) is 5.82 Å². The van der Waals surface area contributed by atoms with Crippen LogP contribution in [0.3, 0.4) is 0 Å². The zero-order valence-corrected chi connectivity index (χ0v) is 19.3. The van der Waals surface area contributed by atoms with E-state index in [0.717, 1.165) is 64.2 Å². The molecular formula is C27H27N7. The number of rotatable bonds is 4. The van der Waals surface area contributed by atoms with Crippen LogP contribution < -0.4 is 10.2 Å². The first-order valence-corrected chi connectivity index (χ1v) is 12.2. The maximum Gasteiger partial charge on any atom is 0.163 e. The Hall–Kier alpha value is -3.58. The third-order valence-electron chi connectivity index (χ3n) is 7.70. The zero-order chi connectivity index (χ0) is 22.6. The average molecular weight is 450 g/mol. The van der Waals surface area contributed by atoms with Crippen LogP contribution in [0.15, 0.2) is 48.9 Å². The van der Waals surface area contributed by atoms with Crippen LogP contribution in [-0.2, 0) is 0 Å². The Kier molecular flexibility index (Phi) is 4.52. The molecule has 7 heteroatoms. The van der Waals surface area contributed by atoms with E-state index in [1.165, 1.54) is 30.2 Å². The molecule has 5 heterocycles. The lowest BCUT2D eigenvalue weighted by Gasteiger charge is -2.28. The van der Waals surface area contributed by atoms with E-state index in [-0.39, 0.29) is 0 Å². The first kappa shape index (κ1) is 19.9. The minimum atomic E-state index is 0.476. The lowest BCUT2D eigenvalue weighted by molar-refractivity contribution is 0.421. The number of benzene rings is 1. The number of hydrogen-bond donors (Lipinski definition) is 2. The number of aromatic nitrogens is 5. The zero-order valence-electron chi connectivity index (χ0n) is 19.3. The van der Waals surface area contributed by atoms with Crippen molar-refractivity contribution in [1.82, 2.24) is 30.2 Å². The highest BCUT2D eigenvalue weighted by molar-refractivity contribution is 6.12. The molecule has 1 atom stereocenters. The molecule has 2 aliphatic rings. The van der Waals surface area contributed by atoms with Gasteiger partial charge in [-0.1, -0.05) is 24.6 Å². The van der Waals surface area contributed by atoms with E-state index in [0.29, 0.717) is 12.0 Å². The summed E-state index contributed by atoms with van der Waals surface area (Å²) in [6.45, 7) is 1.94. The van der Waals surface area contributed by atoms with E-state index in [1.54, 1.807) is 0 Å². The van der Waals surface area contributed by atoms with Gasteiger partial charge in [0.25, 0.3) is 0 Å². The highest BCUT2D eigenvalue weighted by Gasteiger charge is 2.29. The number of pyridine rings is 2. The maximum atomic E-state index is 5.28. The van der Waals surface area contributed by atoms with Gasteiger partial charge < -0.3 is 15.2 Å². The standard InChI is InChI=1S/C27H27N7/c1-28-17-10-12-34(15-17)27-24-20(16-5-4-6-16)13-29-14-22(24)32-25(33-27)19-9-11-30-26-23(19)18-7-2-3-8-21(18)31-26/h2-3,7-9,11,13-14,16-17,28H,4-6,10,12,15H2,1H3,(H,30,31)/t17-/m0/s1. The second kappa shape index (κ2) is 7.74. The van der Waals surface area contributed by atoms with Crippen molar-refractivity contribution < 1.29 is 0 Å². The van der Waals surface area contributed by atoms with E-state index in [2.05, 4.69) is 49.6 Å².